The van der Waals surface area contributed by atoms with Gasteiger partial charge in [0.25, 0.3) is 0 Å². The highest BCUT2D eigenvalue weighted by Gasteiger charge is 2.43. The van der Waals surface area contributed by atoms with Gasteiger partial charge in [0, 0.05) is 49.8 Å². The number of hydrogen-bond donors (Lipinski definition) is 1. The summed E-state index contributed by atoms with van der Waals surface area (Å²) < 4.78 is 0. The van der Waals surface area contributed by atoms with Crippen LogP contribution in [0, 0.1) is 11.3 Å². The Morgan fingerprint density at radius 1 is 0.944 bits per heavy atom. The molecule has 2 saturated heterocycles. The molecule has 0 bridgehead atoms. The lowest BCUT2D eigenvalue weighted by Crippen LogP contribution is -2.56. The van der Waals surface area contributed by atoms with Crippen LogP contribution in [-0.4, -0.2) is 51.0 Å². The molecule has 7 nitrogen and oxygen atoms in total. The highest BCUT2D eigenvalue weighted by molar-refractivity contribution is 5.80. The molecule has 2 aliphatic heterocycles. The van der Waals surface area contributed by atoms with Gasteiger partial charge >= 0.3 is 0 Å². The van der Waals surface area contributed by atoms with Crippen molar-refractivity contribution in [2.24, 2.45) is 5.73 Å². The fourth-order valence-electron chi connectivity index (χ4n) is 6.11. The lowest BCUT2D eigenvalue weighted by molar-refractivity contribution is -0.126. The normalized spacial score (nSPS) is 21.8. The molecule has 7 heteroatoms. The number of nitriles is 1. The molecule has 0 saturated carbocycles. The van der Waals surface area contributed by atoms with Crippen LogP contribution in [0.4, 0.5) is 0 Å². The molecule has 1 amide bonds. The Morgan fingerprint density at radius 3 is 2.31 bits per heavy atom. The average molecular weight is 481 g/mol. The van der Waals surface area contributed by atoms with Gasteiger partial charge in [-0.05, 0) is 73.1 Å². The minimum atomic E-state index is -0.239. The van der Waals surface area contributed by atoms with E-state index in [2.05, 4.69) is 44.0 Å². The second-order valence-electron chi connectivity index (χ2n) is 9.74. The SMILES string of the molecule is N#Cc1cccc(C(C(c2cccnc2)c2cccnc2)N2CCCCC2N2CCC[C@H]2C(N)=O)c1. The van der Waals surface area contributed by atoms with E-state index in [1.54, 1.807) is 12.4 Å². The number of likely N-dealkylation sites (tertiary alicyclic amines) is 2. The summed E-state index contributed by atoms with van der Waals surface area (Å²) in [6.07, 6.45) is 12.5. The molecule has 5 rings (SSSR count). The molecule has 2 aromatic heterocycles. The Bertz CT molecular complexity index is 1170. The maximum absolute atomic E-state index is 12.4. The number of nitrogens with two attached hydrogens (primary N) is 1. The molecule has 36 heavy (non-hydrogen) atoms. The van der Waals surface area contributed by atoms with Crippen LogP contribution in [0.25, 0.3) is 0 Å². The summed E-state index contributed by atoms with van der Waals surface area (Å²) in [4.78, 5) is 26.2. The van der Waals surface area contributed by atoms with Crippen molar-refractivity contribution in [1.82, 2.24) is 19.8 Å². The molecule has 2 fully saturated rings. The molecule has 2 N–H and O–H groups in total. The molecule has 2 aliphatic rings. The predicted octanol–water partition coefficient (Wildman–Crippen LogP) is 3.98. The first kappa shape index (κ1) is 24.1. The summed E-state index contributed by atoms with van der Waals surface area (Å²) in [5.74, 6) is -0.298. The van der Waals surface area contributed by atoms with Gasteiger partial charge in [0.15, 0.2) is 0 Å². The van der Waals surface area contributed by atoms with E-state index in [1.165, 1.54) is 0 Å². The van der Waals surface area contributed by atoms with Crippen molar-refractivity contribution in [1.29, 1.82) is 5.26 Å². The summed E-state index contributed by atoms with van der Waals surface area (Å²) in [5.41, 5.74) is 9.76. The summed E-state index contributed by atoms with van der Waals surface area (Å²) in [7, 11) is 0. The monoisotopic (exact) mass is 480 g/mol. The van der Waals surface area contributed by atoms with Gasteiger partial charge in [-0.3, -0.25) is 24.6 Å². The van der Waals surface area contributed by atoms with E-state index in [0.29, 0.717) is 5.56 Å². The highest BCUT2D eigenvalue weighted by Crippen LogP contribution is 2.44. The number of hydrogen-bond acceptors (Lipinski definition) is 6. The quantitative estimate of drug-likeness (QED) is 0.549. The van der Waals surface area contributed by atoms with Gasteiger partial charge in [-0.2, -0.15) is 5.26 Å². The summed E-state index contributed by atoms with van der Waals surface area (Å²) >= 11 is 0. The zero-order chi connectivity index (χ0) is 24.9. The smallest absolute Gasteiger partial charge is 0.234 e. The van der Waals surface area contributed by atoms with Crippen molar-refractivity contribution in [2.75, 3.05) is 13.1 Å². The Morgan fingerprint density at radius 2 is 1.67 bits per heavy atom. The van der Waals surface area contributed by atoms with Crippen LogP contribution < -0.4 is 5.73 Å². The largest absolute Gasteiger partial charge is 0.368 e. The van der Waals surface area contributed by atoms with E-state index < -0.39 is 0 Å². The van der Waals surface area contributed by atoms with Crippen molar-refractivity contribution in [3.8, 4) is 6.07 Å². The van der Waals surface area contributed by atoms with Crippen molar-refractivity contribution < 1.29 is 4.79 Å². The van der Waals surface area contributed by atoms with Crippen LogP contribution in [0.3, 0.4) is 0 Å². The molecule has 0 aliphatic carbocycles. The summed E-state index contributed by atoms with van der Waals surface area (Å²) in [6.45, 7) is 1.76. The molecule has 1 aromatic carbocycles. The van der Waals surface area contributed by atoms with Crippen LogP contribution in [0.15, 0.2) is 73.3 Å². The number of aromatic nitrogens is 2. The van der Waals surface area contributed by atoms with Gasteiger partial charge < -0.3 is 5.73 Å². The predicted molar refractivity (Wildman–Crippen MR) is 137 cm³/mol. The van der Waals surface area contributed by atoms with E-state index in [0.717, 1.165) is 61.9 Å². The maximum atomic E-state index is 12.4. The molecule has 0 spiro atoms. The molecule has 3 aromatic rings. The fourth-order valence-corrected chi connectivity index (χ4v) is 6.11. The number of piperidine rings is 1. The first-order valence-corrected chi connectivity index (χ1v) is 12.8. The third-order valence-corrected chi connectivity index (χ3v) is 7.63. The van der Waals surface area contributed by atoms with Crippen molar-refractivity contribution >= 4 is 5.91 Å². The lowest BCUT2D eigenvalue weighted by atomic mass is 9.80. The molecule has 2 unspecified atom stereocenters. The summed E-state index contributed by atoms with van der Waals surface area (Å²) in [6, 6.07) is 18.1. The van der Waals surface area contributed by atoms with Crippen LogP contribution in [0.2, 0.25) is 0 Å². The van der Waals surface area contributed by atoms with Gasteiger partial charge in [0.1, 0.15) is 0 Å². The Balaban J connectivity index is 1.67. The molecule has 0 radical (unpaired) electrons. The van der Waals surface area contributed by atoms with Crippen LogP contribution in [0.5, 0.6) is 0 Å². The van der Waals surface area contributed by atoms with Gasteiger partial charge in [-0.1, -0.05) is 24.3 Å². The topological polar surface area (TPSA) is 99.1 Å². The number of pyridine rings is 2. The van der Waals surface area contributed by atoms with E-state index in [1.807, 2.05) is 42.7 Å². The molecule has 184 valence electrons. The minimum absolute atomic E-state index is 0.0587. The Hall–Kier alpha value is -3.60. The van der Waals surface area contributed by atoms with Crippen LogP contribution in [-0.2, 0) is 4.79 Å². The van der Waals surface area contributed by atoms with Crippen molar-refractivity contribution in [3.63, 3.8) is 0 Å². The van der Waals surface area contributed by atoms with E-state index in [9.17, 15) is 10.1 Å². The zero-order valence-corrected chi connectivity index (χ0v) is 20.4. The van der Waals surface area contributed by atoms with Crippen LogP contribution >= 0.6 is 0 Å². The number of amides is 1. The first-order valence-electron chi connectivity index (χ1n) is 12.8. The van der Waals surface area contributed by atoms with Crippen molar-refractivity contribution in [2.45, 2.75) is 56.3 Å². The second kappa shape index (κ2) is 11.0. The summed E-state index contributed by atoms with van der Waals surface area (Å²) in [5, 5.41) is 9.70. The fraction of sp³-hybridized carbons (Fsp3) is 0.379. The number of benzene rings is 1. The van der Waals surface area contributed by atoms with E-state index in [-0.39, 0.29) is 30.1 Å². The van der Waals surface area contributed by atoms with Gasteiger partial charge in [0.2, 0.25) is 5.91 Å². The second-order valence-corrected chi connectivity index (χ2v) is 9.74. The standard InChI is InChI=1S/C29H32N6O/c30-18-21-7-3-8-22(17-21)28(27(23-9-4-13-32-19-23)24-10-5-14-33-20-24)35-15-2-1-12-26(35)34-16-6-11-25(34)29(31)36/h3-5,7-10,13-14,17,19-20,25-28H,1-2,6,11-12,15-16H2,(H2,31,36)/t25-,26?,28?/m0/s1. The molecule has 3 atom stereocenters. The lowest BCUT2D eigenvalue weighted by Gasteiger charge is -2.49. The average Bonchev–Trinajstić information content (AvgIpc) is 3.43. The highest BCUT2D eigenvalue weighted by atomic mass is 16.1. The molecule has 4 heterocycles. The zero-order valence-electron chi connectivity index (χ0n) is 20.4. The third-order valence-electron chi connectivity index (χ3n) is 7.63. The minimum Gasteiger partial charge on any atom is -0.368 e. The number of rotatable bonds is 7. The van der Waals surface area contributed by atoms with Gasteiger partial charge in [-0.25, -0.2) is 0 Å². The van der Waals surface area contributed by atoms with Gasteiger partial charge in [0.05, 0.1) is 23.8 Å². The van der Waals surface area contributed by atoms with Crippen LogP contribution in [0.1, 0.15) is 66.3 Å². The Labute approximate surface area is 212 Å². The molecular weight excluding hydrogens is 448 g/mol. The maximum Gasteiger partial charge on any atom is 0.234 e. The Kier molecular flexibility index (Phi) is 7.36. The van der Waals surface area contributed by atoms with E-state index in [4.69, 9.17) is 5.73 Å². The number of carbonyl (C=O) groups excluding carboxylic acids is 1. The molecular formula is C29H32N6O. The first-order chi connectivity index (χ1) is 17.7. The van der Waals surface area contributed by atoms with Crippen molar-refractivity contribution in [3.05, 3.63) is 95.6 Å². The number of carbonyl (C=O) groups is 1. The van der Waals surface area contributed by atoms with Gasteiger partial charge in [-0.15, -0.1) is 0 Å². The number of nitrogens with zero attached hydrogens (tertiary/aromatic N) is 5. The third kappa shape index (κ3) is 4.88. The van der Waals surface area contributed by atoms with E-state index >= 15 is 0 Å². The number of primary amides is 1.